The number of hydrogen-bond acceptors (Lipinski definition) is 5. The lowest BCUT2D eigenvalue weighted by molar-refractivity contribution is -0.401. The van der Waals surface area contributed by atoms with E-state index in [2.05, 4.69) is 0 Å². The first-order valence-electron chi connectivity index (χ1n) is 5.96. The summed E-state index contributed by atoms with van der Waals surface area (Å²) < 4.78 is 10.2. The summed E-state index contributed by atoms with van der Waals surface area (Å²) in [5, 5.41) is 10.7. The normalized spacial score (nSPS) is 11.9. The fourth-order valence-electron chi connectivity index (χ4n) is 1.47. The summed E-state index contributed by atoms with van der Waals surface area (Å²) in [4.78, 5) is 22.1. The topological polar surface area (TPSA) is 78.7 Å². The Kier molecular flexibility index (Phi) is 4.85. The molecule has 0 bridgehead atoms. The Morgan fingerprint density at radius 1 is 1.35 bits per heavy atom. The van der Waals surface area contributed by atoms with Crippen molar-refractivity contribution < 1.29 is 19.2 Å². The maximum absolute atomic E-state index is 12.1. The molecule has 0 atom stereocenters. The van der Waals surface area contributed by atoms with Gasteiger partial charge in [0.1, 0.15) is 16.9 Å². The summed E-state index contributed by atoms with van der Waals surface area (Å²) in [6.45, 7) is 5.08. The zero-order chi connectivity index (χ0) is 15.3. The van der Waals surface area contributed by atoms with Crippen LogP contribution in [-0.4, -0.2) is 23.6 Å². The first kappa shape index (κ1) is 15.7. The van der Waals surface area contributed by atoms with E-state index in [0.717, 1.165) is 0 Å². The smallest absolute Gasteiger partial charge is 0.345 e. The SMILES string of the molecule is COc1cccc(C(=C[N+](=O)[O-])C(=O)OC(C)(C)C)c1. The summed E-state index contributed by atoms with van der Waals surface area (Å²) >= 11 is 0. The van der Waals surface area contributed by atoms with E-state index in [1.54, 1.807) is 45.0 Å². The van der Waals surface area contributed by atoms with Crippen molar-refractivity contribution in [2.45, 2.75) is 26.4 Å². The standard InChI is InChI=1S/C14H17NO5/c1-14(2,3)20-13(16)12(9-15(17)18)10-6-5-7-11(8-10)19-4/h5-9H,1-4H3. The molecule has 0 radical (unpaired) electrons. The van der Waals surface area contributed by atoms with Crippen LogP contribution in [-0.2, 0) is 9.53 Å². The molecule has 0 spiro atoms. The van der Waals surface area contributed by atoms with Crippen LogP contribution in [0.2, 0.25) is 0 Å². The van der Waals surface area contributed by atoms with Crippen molar-refractivity contribution >= 4 is 11.5 Å². The summed E-state index contributed by atoms with van der Waals surface area (Å²) in [6.07, 6.45) is 0.642. The van der Waals surface area contributed by atoms with Crippen LogP contribution < -0.4 is 4.74 Å². The predicted octanol–water partition coefficient (Wildman–Crippen LogP) is 2.65. The fourth-order valence-corrected chi connectivity index (χ4v) is 1.47. The van der Waals surface area contributed by atoms with E-state index in [4.69, 9.17) is 9.47 Å². The molecule has 1 aromatic rings. The number of benzene rings is 1. The number of hydrogen-bond donors (Lipinski definition) is 0. The molecule has 6 nitrogen and oxygen atoms in total. The van der Waals surface area contributed by atoms with Gasteiger partial charge in [-0.2, -0.15) is 0 Å². The van der Waals surface area contributed by atoms with Crippen LogP contribution in [0.3, 0.4) is 0 Å². The summed E-state index contributed by atoms with van der Waals surface area (Å²) in [5.41, 5.74) is -0.481. The van der Waals surface area contributed by atoms with Gasteiger partial charge in [-0.25, -0.2) is 4.79 Å². The van der Waals surface area contributed by atoms with Gasteiger partial charge in [0.25, 0.3) is 0 Å². The minimum atomic E-state index is -0.748. The van der Waals surface area contributed by atoms with Gasteiger partial charge < -0.3 is 9.47 Å². The minimum absolute atomic E-state index is 0.121. The number of carbonyl (C=O) groups excluding carboxylic acids is 1. The predicted molar refractivity (Wildman–Crippen MR) is 73.8 cm³/mol. The van der Waals surface area contributed by atoms with E-state index < -0.39 is 16.5 Å². The largest absolute Gasteiger partial charge is 0.497 e. The first-order valence-corrected chi connectivity index (χ1v) is 5.96. The van der Waals surface area contributed by atoms with Gasteiger partial charge in [0, 0.05) is 0 Å². The Balaban J connectivity index is 3.19. The van der Waals surface area contributed by atoms with Gasteiger partial charge in [-0.1, -0.05) is 12.1 Å². The van der Waals surface area contributed by atoms with E-state index >= 15 is 0 Å². The van der Waals surface area contributed by atoms with Crippen LogP contribution in [0, 0.1) is 10.1 Å². The highest BCUT2D eigenvalue weighted by molar-refractivity contribution is 6.16. The molecule has 1 rings (SSSR count). The Morgan fingerprint density at radius 3 is 2.50 bits per heavy atom. The highest BCUT2D eigenvalue weighted by atomic mass is 16.6. The van der Waals surface area contributed by atoms with E-state index in [-0.39, 0.29) is 5.57 Å². The molecule has 0 aliphatic carbocycles. The lowest BCUT2D eigenvalue weighted by atomic mass is 10.1. The van der Waals surface area contributed by atoms with Gasteiger partial charge in [0.2, 0.25) is 6.20 Å². The molecule has 0 fully saturated rings. The van der Waals surface area contributed by atoms with Crippen molar-refractivity contribution in [1.82, 2.24) is 0 Å². The van der Waals surface area contributed by atoms with Crippen molar-refractivity contribution in [3.05, 3.63) is 46.1 Å². The highest BCUT2D eigenvalue weighted by Gasteiger charge is 2.24. The van der Waals surface area contributed by atoms with Crippen molar-refractivity contribution in [2.75, 3.05) is 7.11 Å². The number of carbonyl (C=O) groups is 1. The Bertz CT molecular complexity index is 543. The van der Waals surface area contributed by atoms with E-state index in [9.17, 15) is 14.9 Å². The van der Waals surface area contributed by atoms with Gasteiger partial charge >= 0.3 is 5.97 Å². The molecule has 0 aromatic heterocycles. The minimum Gasteiger partial charge on any atom is -0.497 e. The Hall–Kier alpha value is -2.37. The summed E-state index contributed by atoms with van der Waals surface area (Å²) in [7, 11) is 1.48. The van der Waals surface area contributed by atoms with Crippen molar-refractivity contribution in [1.29, 1.82) is 0 Å². The maximum atomic E-state index is 12.1. The van der Waals surface area contributed by atoms with Crippen LogP contribution in [0.1, 0.15) is 26.3 Å². The second-order valence-corrected chi connectivity index (χ2v) is 5.06. The molecular weight excluding hydrogens is 262 g/mol. The maximum Gasteiger partial charge on any atom is 0.345 e. The average molecular weight is 279 g/mol. The third-order valence-corrected chi connectivity index (χ3v) is 2.23. The highest BCUT2D eigenvalue weighted by Crippen LogP contribution is 2.23. The van der Waals surface area contributed by atoms with Crippen molar-refractivity contribution in [2.24, 2.45) is 0 Å². The zero-order valence-electron chi connectivity index (χ0n) is 11.9. The molecule has 0 aliphatic rings. The molecule has 108 valence electrons. The van der Waals surface area contributed by atoms with E-state index in [0.29, 0.717) is 17.5 Å². The molecular formula is C14H17NO5. The molecule has 0 aliphatic heterocycles. The number of nitrogens with zero attached hydrogens (tertiary/aromatic N) is 1. The van der Waals surface area contributed by atoms with E-state index in [1.165, 1.54) is 7.11 Å². The molecule has 0 saturated heterocycles. The first-order chi connectivity index (χ1) is 9.23. The molecule has 1 aromatic carbocycles. The van der Waals surface area contributed by atoms with Crippen molar-refractivity contribution in [3.63, 3.8) is 0 Å². The molecule has 0 saturated carbocycles. The van der Waals surface area contributed by atoms with Crippen LogP contribution in [0.5, 0.6) is 5.75 Å². The average Bonchev–Trinajstić information content (AvgIpc) is 2.33. The van der Waals surface area contributed by atoms with Crippen LogP contribution in [0.4, 0.5) is 0 Å². The van der Waals surface area contributed by atoms with E-state index in [1.807, 2.05) is 0 Å². The molecule has 0 N–H and O–H groups in total. The van der Waals surface area contributed by atoms with Gasteiger partial charge in [0.15, 0.2) is 0 Å². The van der Waals surface area contributed by atoms with Crippen LogP contribution in [0.25, 0.3) is 5.57 Å². The Morgan fingerprint density at radius 2 is 2.00 bits per heavy atom. The Labute approximate surface area is 117 Å². The van der Waals surface area contributed by atoms with Crippen LogP contribution >= 0.6 is 0 Å². The second kappa shape index (κ2) is 6.18. The molecule has 20 heavy (non-hydrogen) atoms. The summed E-state index contributed by atoms with van der Waals surface area (Å²) in [6, 6.07) is 6.45. The number of methoxy groups -OCH3 is 1. The molecule has 0 amide bonds. The monoisotopic (exact) mass is 279 g/mol. The summed E-state index contributed by atoms with van der Waals surface area (Å²) in [5.74, 6) is -0.247. The van der Waals surface area contributed by atoms with Gasteiger partial charge in [-0.3, -0.25) is 10.1 Å². The lowest BCUT2D eigenvalue weighted by Crippen LogP contribution is -2.24. The molecule has 0 unspecified atom stereocenters. The second-order valence-electron chi connectivity index (χ2n) is 5.06. The van der Waals surface area contributed by atoms with Crippen LogP contribution in [0.15, 0.2) is 30.5 Å². The van der Waals surface area contributed by atoms with Crippen molar-refractivity contribution in [3.8, 4) is 5.75 Å². The number of nitro groups is 1. The van der Waals surface area contributed by atoms with Gasteiger partial charge in [-0.15, -0.1) is 0 Å². The zero-order valence-corrected chi connectivity index (χ0v) is 11.9. The quantitative estimate of drug-likeness (QED) is 0.366. The molecule has 0 heterocycles. The fraction of sp³-hybridized carbons (Fsp3) is 0.357. The third-order valence-electron chi connectivity index (χ3n) is 2.23. The lowest BCUT2D eigenvalue weighted by Gasteiger charge is -2.20. The number of ether oxygens (including phenoxy) is 2. The molecule has 6 heteroatoms. The van der Waals surface area contributed by atoms with Gasteiger partial charge in [-0.05, 0) is 38.5 Å². The number of rotatable bonds is 4. The third kappa shape index (κ3) is 4.72. The van der Waals surface area contributed by atoms with Gasteiger partial charge in [0.05, 0.1) is 12.0 Å². The number of esters is 1.